The maximum Gasteiger partial charge on any atom is 0.0701 e. The number of hydrogen-bond acceptors (Lipinski definition) is 5. The number of anilines is 1. The van der Waals surface area contributed by atoms with Gasteiger partial charge < -0.3 is 25.2 Å². The average molecular weight is 443 g/mol. The van der Waals surface area contributed by atoms with Crippen LogP contribution in [0.4, 0.5) is 5.69 Å². The molecule has 0 aromatic heterocycles. The molecule has 5 nitrogen and oxygen atoms in total. The van der Waals surface area contributed by atoms with Gasteiger partial charge in [-0.2, -0.15) is 0 Å². The Balaban J connectivity index is 1.26. The van der Waals surface area contributed by atoms with Crippen LogP contribution in [0.1, 0.15) is 68.9 Å². The molecular formula is C27H42N2O3. The van der Waals surface area contributed by atoms with Gasteiger partial charge in [-0.1, -0.05) is 13.0 Å². The fourth-order valence-corrected chi connectivity index (χ4v) is 7.80. The Morgan fingerprint density at radius 1 is 1.06 bits per heavy atom. The second kappa shape index (κ2) is 9.61. The topological polar surface area (TPSA) is 65.0 Å². The van der Waals surface area contributed by atoms with Crippen molar-refractivity contribution in [2.75, 3.05) is 44.4 Å². The lowest BCUT2D eigenvalue weighted by Gasteiger charge is -2.50. The Hall–Kier alpha value is -1.14. The summed E-state index contributed by atoms with van der Waals surface area (Å²) in [7, 11) is 0. The van der Waals surface area contributed by atoms with E-state index in [1.807, 2.05) is 0 Å². The minimum absolute atomic E-state index is 0.135. The molecule has 0 radical (unpaired) electrons. The lowest BCUT2D eigenvalue weighted by Crippen LogP contribution is -2.45. The van der Waals surface area contributed by atoms with Gasteiger partial charge in [-0.3, -0.25) is 0 Å². The van der Waals surface area contributed by atoms with Crippen LogP contribution in [0.5, 0.6) is 0 Å². The van der Waals surface area contributed by atoms with E-state index in [2.05, 4.69) is 35.3 Å². The molecule has 0 bridgehead atoms. The van der Waals surface area contributed by atoms with Crippen LogP contribution in [0.3, 0.4) is 0 Å². The van der Waals surface area contributed by atoms with E-state index in [0.717, 1.165) is 43.7 Å². The highest BCUT2D eigenvalue weighted by Gasteiger charge is 2.55. The van der Waals surface area contributed by atoms with Gasteiger partial charge in [0.1, 0.15) is 0 Å². The fourth-order valence-electron chi connectivity index (χ4n) is 7.80. The zero-order chi connectivity index (χ0) is 22.1. The molecule has 5 heteroatoms. The van der Waals surface area contributed by atoms with Crippen LogP contribution in [-0.4, -0.2) is 61.8 Å². The van der Waals surface area contributed by atoms with Crippen molar-refractivity contribution in [1.29, 1.82) is 0 Å². The maximum atomic E-state index is 9.23. The van der Waals surface area contributed by atoms with Gasteiger partial charge in [0, 0.05) is 31.4 Å². The van der Waals surface area contributed by atoms with Crippen LogP contribution in [0.15, 0.2) is 18.2 Å². The predicted molar refractivity (Wildman–Crippen MR) is 128 cm³/mol. The minimum atomic E-state index is 0.135. The van der Waals surface area contributed by atoms with Gasteiger partial charge >= 0.3 is 0 Å². The zero-order valence-corrected chi connectivity index (χ0v) is 19.8. The van der Waals surface area contributed by atoms with Crippen LogP contribution in [0.25, 0.3) is 0 Å². The molecule has 3 N–H and O–H groups in total. The van der Waals surface area contributed by atoms with Gasteiger partial charge in [0.25, 0.3) is 0 Å². The number of aliphatic hydroxyl groups excluding tert-OH is 2. The van der Waals surface area contributed by atoms with Gasteiger partial charge in [-0.05, 0) is 97.8 Å². The second-order valence-electron chi connectivity index (χ2n) is 10.9. The number of nitrogens with one attached hydrogen (secondary N) is 1. The number of rotatable bonds is 7. The summed E-state index contributed by atoms with van der Waals surface area (Å²) < 4.78 is 6.11. The smallest absolute Gasteiger partial charge is 0.0701 e. The SMILES string of the molecule is CC12CCC3c4ccc(N5CCC(NCCO)CC5)cc4CCC3C1CCC2OCCO. The van der Waals surface area contributed by atoms with Crippen LogP contribution in [0.2, 0.25) is 0 Å². The Bertz CT molecular complexity index is 778. The molecule has 178 valence electrons. The Kier molecular flexibility index (Phi) is 6.80. The third-order valence-electron chi connectivity index (χ3n) is 9.44. The van der Waals surface area contributed by atoms with E-state index < -0.39 is 0 Å². The summed E-state index contributed by atoms with van der Waals surface area (Å²) in [4.78, 5) is 2.56. The molecule has 1 saturated heterocycles. The molecule has 1 aromatic carbocycles. The molecule has 5 rings (SSSR count). The van der Waals surface area contributed by atoms with E-state index in [1.165, 1.54) is 44.2 Å². The first-order chi connectivity index (χ1) is 15.6. The number of hydrogen-bond donors (Lipinski definition) is 3. The molecule has 5 atom stereocenters. The molecule has 2 saturated carbocycles. The molecular weight excluding hydrogens is 400 g/mol. The van der Waals surface area contributed by atoms with Gasteiger partial charge in [0.2, 0.25) is 0 Å². The number of nitrogens with zero attached hydrogens (tertiary/aromatic N) is 1. The normalized spacial score (nSPS) is 34.8. The molecule has 3 aliphatic carbocycles. The highest BCUT2D eigenvalue weighted by molar-refractivity contribution is 5.53. The van der Waals surface area contributed by atoms with E-state index in [9.17, 15) is 5.11 Å². The van der Waals surface area contributed by atoms with Crippen LogP contribution < -0.4 is 10.2 Å². The van der Waals surface area contributed by atoms with Gasteiger partial charge in [-0.25, -0.2) is 0 Å². The van der Waals surface area contributed by atoms with Gasteiger partial charge in [-0.15, -0.1) is 0 Å². The Labute approximate surface area is 193 Å². The number of aryl methyl sites for hydroxylation is 1. The summed E-state index contributed by atoms with van der Waals surface area (Å²) in [6, 6.07) is 7.90. The lowest BCUT2D eigenvalue weighted by atomic mass is 9.55. The summed E-state index contributed by atoms with van der Waals surface area (Å²) in [6.45, 7) is 6.23. The first-order valence-electron chi connectivity index (χ1n) is 13.1. The first-order valence-corrected chi connectivity index (χ1v) is 13.1. The summed E-state index contributed by atoms with van der Waals surface area (Å²) in [6.07, 6.45) is 10.2. The van der Waals surface area contributed by atoms with Crippen LogP contribution >= 0.6 is 0 Å². The van der Waals surface area contributed by atoms with Crippen molar-refractivity contribution in [3.05, 3.63) is 29.3 Å². The quantitative estimate of drug-likeness (QED) is 0.604. The summed E-state index contributed by atoms with van der Waals surface area (Å²) in [5.74, 6) is 2.28. The predicted octanol–water partition coefficient (Wildman–Crippen LogP) is 3.47. The number of fused-ring (bicyclic) bond motifs is 5. The van der Waals surface area contributed by atoms with Crippen LogP contribution in [-0.2, 0) is 11.2 Å². The first kappa shape index (κ1) is 22.6. The molecule has 0 amide bonds. The summed E-state index contributed by atoms with van der Waals surface area (Å²) in [5.41, 5.74) is 4.93. The van der Waals surface area contributed by atoms with Crippen LogP contribution in [0, 0.1) is 17.3 Å². The molecule has 1 aromatic rings. The lowest BCUT2D eigenvalue weighted by molar-refractivity contribution is -0.0710. The van der Waals surface area contributed by atoms with Crippen molar-refractivity contribution in [1.82, 2.24) is 5.32 Å². The highest BCUT2D eigenvalue weighted by Crippen LogP contribution is 2.61. The van der Waals surface area contributed by atoms with E-state index >= 15 is 0 Å². The standard InChI is InChI=1S/C27H42N2O3/c1-27-11-8-23-22-5-3-21(29-13-9-20(10-14-29)28-12-15-30)18-19(22)2-4-24(23)25(27)6-7-26(27)32-17-16-31/h3,5,18,20,23-26,28,30-31H,2,4,6-17H2,1H3. The molecule has 1 heterocycles. The van der Waals surface area contributed by atoms with E-state index in [4.69, 9.17) is 9.84 Å². The van der Waals surface area contributed by atoms with E-state index in [-0.39, 0.29) is 13.2 Å². The van der Waals surface area contributed by atoms with E-state index in [1.54, 1.807) is 11.1 Å². The maximum absolute atomic E-state index is 9.23. The van der Waals surface area contributed by atoms with Crippen molar-refractivity contribution >= 4 is 5.69 Å². The zero-order valence-electron chi connectivity index (χ0n) is 19.8. The van der Waals surface area contributed by atoms with Crippen molar-refractivity contribution in [2.24, 2.45) is 17.3 Å². The monoisotopic (exact) mass is 442 g/mol. The Morgan fingerprint density at radius 3 is 2.69 bits per heavy atom. The summed E-state index contributed by atoms with van der Waals surface area (Å²) in [5, 5.41) is 21.7. The number of piperidine rings is 1. The van der Waals surface area contributed by atoms with Crippen molar-refractivity contribution < 1.29 is 14.9 Å². The minimum Gasteiger partial charge on any atom is -0.395 e. The third kappa shape index (κ3) is 4.11. The highest BCUT2D eigenvalue weighted by atomic mass is 16.5. The largest absolute Gasteiger partial charge is 0.395 e. The van der Waals surface area contributed by atoms with Gasteiger partial charge in [0.15, 0.2) is 0 Å². The molecule has 32 heavy (non-hydrogen) atoms. The molecule has 5 unspecified atom stereocenters. The molecule has 3 fully saturated rings. The van der Waals surface area contributed by atoms with Crippen molar-refractivity contribution in [2.45, 2.75) is 76.4 Å². The molecule has 4 aliphatic rings. The number of aliphatic hydroxyl groups is 2. The average Bonchev–Trinajstić information content (AvgIpc) is 3.17. The Morgan fingerprint density at radius 2 is 1.91 bits per heavy atom. The van der Waals surface area contributed by atoms with Crippen molar-refractivity contribution in [3.8, 4) is 0 Å². The van der Waals surface area contributed by atoms with E-state index in [0.29, 0.717) is 30.7 Å². The van der Waals surface area contributed by atoms with Crippen molar-refractivity contribution in [3.63, 3.8) is 0 Å². The number of ether oxygens (including phenoxy) is 1. The summed E-state index contributed by atoms with van der Waals surface area (Å²) >= 11 is 0. The third-order valence-corrected chi connectivity index (χ3v) is 9.44. The molecule has 0 spiro atoms. The fraction of sp³-hybridized carbons (Fsp3) is 0.778. The second-order valence-corrected chi connectivity index (χ2v) is 10.9. The number of benzene rings is 1. The van der Waals surface area contributed by atoms with Gasteiger partial charge in [0.05, 0.1) is 25.9 Å². The molecule has 1 aliphatic heterocycles.